The van der Waals surface area contributed by atoms with Crippen LogP contribution in [0.5, 0.6) is 0 Å². The number of hydrogen-bond donors (Lipinski definition) is 2. The van der Waals surface area contributed by atoms with Crippen LogP contribution in [0.3, 0.4) is 0 Å². The maximum atomic E-state index is 10.8. The van der Waals surface area contributed by atoms with E-state index < -0.39 is 13.3 Å². The van der Waals surface area contributed by atoms with Gasteiger partial charge in [0.15, 0.2) is 0 Å². The molecule has 0 saturated carbocycles. The Kier molecular flexibility index (Phi) is 12.5. The lowest BCUT2D eigenvalue weighted by Crippen LogP contribution is -2.07. The van der Waals surface area contributed by atoms with Crippen LogP contribution in [-0.2, 0) is 4.57 Å². The van der Waals surface area contributed by atoms with Gasteiger partial charge in [-0.15, -0.1) is 0 Å². The van der Waals surface area contributed by atoms with Gasteiger partial charge in [-0.05, 0) is 12.8 Å². The summed E-state index contributed by atoms with van der Waals surface area (Å²) >= 11 is 0. The lowest BCUT2D eigenvalue weighted by Gasteiger charge is -2.15. The first-order valence-corrected chi connectivity index (χ1v) is 7.54. The minimum atomic E-state index is -3.97. The zero-order valence-corrected chi connectivity index (χ0v) is 11.4. The van der Waals surface area contributed by atoms with E-state index in [-0.39, 0.29) is 6.42 Å². The van der Waals surface area contributed by atoms with E-state index in [1.165, 1.54) is 12.8 Å². The lowest BCUT2D eigenvalue weighted by molar-refractivity contribution is 0.350. The fourth-order valence-corrected chi connectivity index (χ4v) is 2.11. The summed E-state index contributed by atoms with van der Waals surface area (Å²) in [5.74, 6) is 0. The maximum absolute atomic E-state index is 10.8. The summed E-state index contributed by atoms with van der Waals surface area (Å²) in [4.78, 5) is 17.7. The molecule has 0 aliphatic rings. The van der Waals surface area contributed by atoms with Crippen LogP contribution in [0.25, 0.3) is 0 Å². The monoisotopic (exact) mass is 249 g/mol. The van der Waals surface area contributed by atoms with Gasteiger partial charge in [0.1, 0.15) is 0 Å². The first-order valence-electron chi connectivity index (χ1n) is 5.86. The summed E-state index contributed by atoms with van der Waals surface area (Å²) in [5, 5.41) is 8.25. The number of nitrogens with zero attached hydrogens (tertiary/aromatic N) is 1. The highest BCUT2D eigenvalue weighted by Crippen LogP contribution is 2.45. The van der Waals surface area contributed by atoms with E-state index in [0.29, 0.717) is 12.8 Å². The summed E-state index contributed by atoms with van der Waals surface area (Å²) in [5.41, 5.74) is -0.623. The van der Waals surface area contributed by atoms with Crippen LogP contribution < -0.4 is 0 Å². The summed E-state index contributed by atoms with van der Waals surface area (Å²) < 4.78 is 10.8. The summed E-state index contributed by atoms with van der Waals surface area (Å²) in [6, 6.07) is 1.89. The van der Waals surface area contributed by atoms with Crippen molar-refractivity contribution in [2.45, 2.75) is 65.0 Å². The number of hydrogen-bond acceptors (Lipinski definition) is 2. The highest BCUT2D eigenvalue weighted by Gasteiger charge is 2.26. The Bertz CT molecular complexity index is 230. The molecule has 5 heteroatoms. The van der Waals surface area contributed by atoms with Crippen LogP contribution in [-0.4, -0.2) is 15.4 Å². The van der Waals surface area contributed by atoms with Crippen molar-refractivity contribution < 1.29 is 14.4 Å². The van der Waals surface area contributed by atoms with Crippen molar-refractivity contribution in [3.05, 3.63) is 0 Å². The highest BCUT2D eigenvalue weighted by molar-refractivity contribution is 7.52. The Morgan fingerprint density at radius 2 is 1.62 bits per heavy atom. The molecule has 2 N–H and O–H groups in total. The van der Waals surface area contributed by atoms with Gasteiger partial charge in [-0.25, -0.2) is 0 Å². The van der Waals surface area contributed by atoms with Crippen molar-refractivity contribution in [3.63, 3.8) is 0 Å². The quantitative estimate of drug-likeness (QED) is 0.706. The van der Waals surface area contributed by atoms with Crippen LogP contribution in [0, 0.1) is 11.3 Å². The zero-order chi connectivity index (χ0) is 13.0. The van der Waals surface area contributed by atoms with Gasteiger partial charge >= 0.3 is 7.60 Å². The second kappa shape index (κ2) is 11.1. The molecule has 16 heavy (non-hydrogen) atoms. The van der Waals surface area contributed by atoms with Crippen molar-refractivity contribution in [2.24, 2.45) is 0 Å². The van der Waals surface area contributed by atoms with Gasteiger partial charge in [0.25, 0.3) is 0 Å². The first kappa shape index (κ1) is 18.0. The molecule has 0 aromatic rings. The molecule has 0 radical (unpaired) electrons. The van der Waals surface area contributed by atoms with Gasteiger partial charge in [-0.2, -0.15) is 5.26 Å². The topological polar surface area (TPSA) is 81.3 Å². The lowest BCUT2D eigenvalue weighted by atomic mass is 10.1. The van der Waals surface area contributed by atoms with Crippen LogP contribution in [0.4, 0.5) is 0 Å². The van der Waals surface area contributed by atoms with Crippen LogP contribution in [0.1, 0.15) is 59.3 Å². The predicted molar refractivity (Wildman–Crippen MR) is 66.2 cm³/mol. The van der Waals surface area contributed by atoms with Gasteiger partial charge < -0.3 is 9.79 Å². The molecule has 1 atom stereocenters. The van der Waals surface area contributed by atoms with Crippen LogP contribution >= 0.6 is 7.60 Å². The van der Waals surface area contributed by atoms with E-state index in [1.807, 2.05) is 13.0 Å². The Balaban J connectivity index is 0. The highest BCUT2D eigenvalue weighted by atomic mass is 31.2. The molecule has 0 aromatic heterocycles. The minimum Gasteiger partial charge on any atom is -0.324 e. The molecular weight excluding hydrogens is 225 g/mol. The SMILES string of the molecule is CCCC.CCCC(CCC#N)P(=O)(O)O. The Morgan fingerprint density at radius 3 is 1.88 bits per heavy atom. The largest absolute Gasteiger partial charge is 0.328 e. The molecule has 0 spiro atoms. The molecular formula is C11H24NO3P. The standard InChI is InChI=1S/C7H14NO3P.C4H10/c1-2-4-7(5-3-6-8)12(9,10)11;1-3-4-2/h7H,2-5H2,1H3,(H2,9,10,11);3-4H2,1-2H3. The van der Waals surface area contributed by atoms with Crippen molar-refractivity contribution in [1.29, 1.82) is 5.26 Å². The minimum absolute atomic E-state index is 0.218. The normalized spacial score (nSPS) is 12.2. The molecule has 96 valence electrons. The second-order valence-electron chi connectivity index (χ2n) is 3.73. The average molecular weight is 249 g/mol. The summed E-state index contributed by atoms with van der Waals surface area (Å²) in [6.07, 6.45) is 4.39. The second-order valence-corrected chi connectivity index (χ2v) is 5.64. The van der Waals surface area contributed by atoms with Gasteiger partial charge in [0.2, 0.25) is 0 Å². The van der Waals surface area contributed by atoms with E-state index >= 15 is 0 Å². The fourth-order valence-electron chi connectivity index (χ4n) is 1.05. The van der Waals surface area contributed by atoms with Crippen molar-refractivity contribution in [2.75, 3.05) is 0 Å². The molecule has 0 bridgehead atoms. The molecule has 0 amide bonds. The van der Waals surface area contributed by atoms with Gasteiger partial charge in [-0.3, -0.25) is 4.57 Å². The molecule has 0 aromatic carbocycles. The Morgan fingerprint density at radius 1 is 1.12 bits per heavy atom. The maximum Gasteiger partial charge on any atom is 0.328 e. The molecule has 0 rings (SSSR count). The first-order chi connectivity index (χ1) is 7.43. The summed E-state index contributed by atoms with van der Waals surface area (Å²) in [7, 11) is -3.97. The Hall–Kier alpha value is -0.360. The smallest absolute Gasteiger partial charge is 0.324 e. The van der Waals surface area contributed by atoms with Gasteiger partial charge in [0, 0.05) is 6.42 Å². The summed E-state index contributed by atoms with van der Waals surface area (Å²) in [6.45, 7) is 6.23. The molecule has 4 nitrogen and oxygen atoms in total. The number of nitriles is 1. The zero-order valence-electron chi connectivity index (χ0n) is 10.5. The third kappa shape index (κ3) is 11.7. The molecule has 0 heterocycles. The van der Waals surface area contributed by atoms with Crippen molar-refractivity contribution >= 4 is 7.60 Å². The molecule has 1 unspecified atom stereocenters. The van der Waals surface area contributed by atoms with Crippen molar-refractivity contribution in [3.8, 4) is 6.07 Å². The third-order valence-corrected chi connectivity index (χ3v) is 3.65. The average Bonchev–Trinajstić information content (AvgIpc) is 2.23. The van der Waals surface area contributed by atoms with Crippen LogP contribution in [0.15, 0.2) is 0 Å². The van der Waals surface area contributed by atoms with E-state index in [2.05, 4.69) is 13.8 Å². The molecule has 0 saturated heterocycles. The van der Waals surface area contributed by atoms with Crippen molar-refractivity contribution in [1.82, 2.24) is 0 Å². The molecule has 0 fully saturated rings. The van der Waals surface area contributed by atoms with Gasteiger partial charge in [0.05, 0.1) is 11.7 Å². The Labute approximate surface area is 98.8 Å². The van der Waals surface area contributed by atoms with E-state index in [0.717, 1.165) is 6.42 Å². The van der Waals surface area contributed by atoms with Gasteiger partial charge in [-0.1, -0.05) is 40.0 Å². The number of unbranched alkanes of at least 4 members (excludes halogenated alkanes) is 1. The van der Waals surface area contributed by atoms with E-state index in [9.17, 15) is 4.57 Å². The van der Waals surface area contributed by atoms with Crippen LogP contribution in [0.2, 0.25) is 0 Å². The predicted octanol–water partition coefficient (Wildman–Crippen LogP) is 3.44. The third-order valence-electron chi connectivity index (χ3n) is 2.19. The molecule has 0 aliphatic heterocycles. The van der Waals surface area contributed by atoms with E-state index in [1.54, 1.807) is 0 Å². The molecule has 0 aliphatic carbocycles. The fraction of sp³-hybridized carbons (Fsp3) is 0.909. The number of rotatable bonds is 6. The van der Waals surface area contributed by atoms with E-state index in [4.69, 9.17) is 15.0 Å².